The summed E-state index contributed by atoms with van der Waals surface area (Å²) in [6.07, 6.45) is 0. The maximum atomic E-state index is 11.9. The van der Waals surface area contributed by atoms with Crippen molar-refractivity contribution in [2.24, 2.45) is 0 Å². The maximum Gasteiger partial charge on any atom is 0.341 e. The molecule has 4 nitrogen and oxygen atoms in total. The molecule has 0 atom stereocenters. The fourth-order valence-electron chi connectivity index (χ4n) is 2.37. The molecule has 0 saturated carbocycles. The van der Waals surface area contributed by atoms with E-state index in [2.05, 4.69) is 22.8 Å². The fourth-order valence-corrected chi connectivity index (χ4v) is 3.42. The van der Waals surface area contributed by atoms with Crippen LogP contribution >= 0.6 is 23.6 Å². The predicted molar refractivity (Wildman–Crippen MR) is 104 cm³/mol. The molecule has 0 aliphatic heterocycles. The molecule has 0 amide bonds. The summed E-state index contributed by atoms with van der Waals surface area (Å²) in [5, 5.41) is 11.4. The zero-order valence-corrected chi connectivity index (χ0v) is 14.7. The number of hydrogen-bond acceptors (Lipinski definition) is 4. The minimum absolute atomic E-state index is 0.340. The Balaban J connectivity index is 1.77. The van der Waals surface area contributed by atoms with Gasteiger partial charge in [-0.25, -0.2) is 4.79 Å². The SMILES string of the molecule is CCOC(=O)c1ccsc1NC(=S)Nc1cccc2ccccc12. The van der Waals surface area contributed by atoms with E-state index in [9.17, 15) is 4.79 Å². The third kappa shape index (κ3) is 3.55. The van der Waals surface area contributed by atoms with E-state index >= 15 is 0 Å². The van der Waals surface area contributed by atoms with Crippen molar-refractivity contribution in [3.63, 3.8) is 0 Å². The summed E-state index contributed by atoms with van der Waals surface area (Å²) < 4.78 is 5.05. The molecule has 0 aliphatic rings. The summed E-state index contributed by atoms with van der Waals surface area (Å²) in [6.45, 7) is 2.12. The molecule has 1 heterocycles. The van der Waals surface area contributed by atoms with Crippen molar-refractivity contribution in [1.82, 2.24) is 0 Å². The average molecular weight is 356 g/mol. The van der Waals surface area contributed by atoms with Gasteiger partial charge in [0.1, 0.15) is 5.00 Å². The van der Waals surface area contributed by atoms with Gasteiger partial charge in [0, 0.05) is 11.1 Å². The number of ether oxygens (including phenoxy) is 1. The second kappa shape index (κ2) is 7.42. The molecule has 0 aliphatic carbocycles. The number of anilines is 2. The molecule has 0 radical (unpaired) electrons. The lowest BCUT2D eigenvalue weighted by atomic mass is 10.1. The first kappa shape index (κ1) is 16.4. The van der Waals surface area contributed by atoms with Crippen molar-refractivity contribution in [2.75, 3.05) is 17.2 Å². The third-order valence-corrected chi connectivity index (χ3v) is 4.46. The fraction of sp³-hybridized carbons (Fsp3) is 0.111. The summed E-state index contributed by atoms with van der Waals surface area (Å²) in [6, 6.07) is 15.8. The Labute approximate surface area is 149 Å². The smallest absolute Gasteiger partial charge is 0.341 e. The molecular formula is C18H16N2O2S2. The van der Waals surface area contributed by atoms with Gasteiger partial charge in [0.05, 0.1) is 12.2 Å². The Morgan fingerprint density at radius 2 is 1.92 bits per heavy atom. The van der Waals surface area contributed by atoms with Gasteiger partial charge in [-0.3, -0.25) is 0 Å². The van der Waals surface area contributed by atoms with Crippen LogP contribution in [0.5, 0.6) is 0 Å². The van der Waals surface area contributed by atoms with Crippen LogP contribution < -0.4 is 10.6 Å². The molecule has 0 bridgehead atoms. The van der Waals surface area contributed by atoms with Crippen molar-refractivity contribution < 1.29 is 9.53 Å². The highest BCUT2D eigenvalue weighted by Crippen LogP contribution is 2.26. The molecular weight excluding hydrogens is 340 g/mol. The van der Waals surface area contributed by atoms with Gasteiger partial charge in [-0.1, -0.05) is 36.4 Å². The van der Waals surface area contributed by atoms with Crippen LogP contribution in [0.3, 0.4) is 0 Å². The van der Waals surface area contributed by atoms with Crippen molar-refractivity contribution in [3.8, 4) is 0 Å². The average Bonchev–Trinajstić information content (AvgIpc) is 3.03. The number of carbonyl (C=O) groups is 1. The molecule has 2 N–H and O–H groups in total. The predicted octanol–water partition coefficient (Wildman–Crippen LogP) is 4.89. The first-order valence-electron chi connectivity index (χ1n) is 7.49. The van der Waals surface area contributed by atoms with E-state index in [1.807, 2.05) is 35.7 Å². The van der Waals surface area contributed by atoms with Gasteiger partial charge in [0.15, 0.2) is 5.11 Å². The molecule has 3 aromatic rings. The number of thiophene rings is 1. The Morgan fingerprint density at radius 3 is 2.75 bits per heavy atom. The van der Waals surface area contributed by atoms with Crippen LogP contribution in [0.25, 0.3) is 10.8 Å². The van der Waals surface area contributed by atoms with Gasteiger partial charge in [-0.05, 0) is 42.0 Å². The van der Waals surface area contributed by atoms with Crippen molar-refractivity contribution in [2.45, 2.75) is 6.92 Å². The quantitative estimate of drug-likeness (QED) is 0.515. The number of benzene rings is 2. The standard InChI is InChI=1S/C18H16N2O2S2/c1-2-22-17(21)14-10-11-24-16(14)20-18(23)19-15-9-5-7-12-6-3-4-8-13(12)15/h3-11H,2H2,1H3,(H2,19,20,23). The molecule has 0 saturated heterocycles. The Kier molecular flexibility index (Phi) is 5.08. The van der Waals surface area contributed by atoms with Crippen LogP contribution in [0.1, 0.15) is 17.3 Å². The van der Waals surface area contributed by atoms with Crippen LogP contribution in [0.4, 0.5) is 10.7 Å². The largest absolute Gasteiger partial charge is 0.462 e. The van der Waals surface area contributed by atoms with Gasteiger partial charge < -0.3 is 15.4 Å². The number of hydrogen-bond donors (Lipinski definition) is 2. The molecule has 24 heavy (non-hydrogen) atoms. The van der Waals surface area contributed by atoms with E-state index in [0.29, 0.717) is 22.3 Å². The highest BCUT2D eigenvalue weighted by molar-refractivity contribution is 7.80. The van der Waals surface area contributed by atoms with E-state index in [1.54, 1.807) is 13.0 Å². The zero-order chi connectivity index (χ0) is 16.9. The minimum atomic E-state index is -0.353. The van der Waals surface area contributed by atoms with Crippen LogP contribution in [0, 0.1) is 0 Å². The van der Waals surface area contributed by atoms with E-state index in [0.717, 1.165) is 16.5 Å². The monoisotopic (exact) mass is 356 g/mol. The molecule has 3 rings (SSSR count). The van der Waals surface area contributed by atoms with Crippen molar-refractivity contribution >= 4 is 56.1 Å². The molecule has 0 unspecified atom stereocenters. The van der Waals surface area contributed by atoms with Gasteiger partial charge in [0.2, 0.25) is 0 Å². The summed E-state index contributed by atoms with van der Waals surface area (Å²) in [7, 11) is 0. The van der Waals surface area contributed by atoms with Crippen LogP contribution in [0.15, 0.2) is 53.9 Å². The summed E-state index contributed by atoms with van der Waals surface area (Å²) in [4.78, 5) is 11.9. The second-order valence-corrected chi connectivity index (χ2v) is 6.31. The molecule has 0 fully saturated rings. The highest BCUT2D eigenvalue weighted by Gasteiger charge is 2.15. The third-order valence-electron chi connectivity index (χ3n) is 3.43. The lowest BCUT2D eigenvalue weighted by Gasteiger charge is -2.12. The summed E-state index contributed by atoms with van der Waals surface area (Å²) in [5.74, 6) is -0.353. The highest BCUT2D eigenvalue weighted by atomic mass is 32.1. The van der Waals surface area contributed by atoms with Gasteiger partial charge in [-0.15, -0.1) is 11.3 Å². The number of nitrogens with one attached hydrogen (secondary N) is 2. The summed E-state index contributed by atoms with van der Waals surface area (Å²) >= 11 is 6.80. The molecule has 2 aromatic carbocycles. The minimum Gasteiger partial charge on any atom is -0.462 e. The lowest BCUT2D eigenvalue weighted by Crippen LogP contribution is -2.20. The number of rotatable bonds is 4. The van der Waals surface area contributed by atoms with E-state index in [-0.39, 0.29) is 5.97 Å². The lowest BCUT2D eigenvalue weighted by molar-refractivity contribution is 0.0528. The number of thiocarbonyl (C=S) groups is 1. The maximum absolute atomic E-state index is 11.9. The van der Waals surface area contributed by atoms with Crippen LogP contribution in [0.2, 0.25) is 0 Å². The number of esters is 1. The molecule has 6 heteroatoms. The molecule has 0 spiro atoms. The van der Waals surface area contributed by atoms with Gasteiger partial charge in [0.25, 0.3) is 0 Å². The number of fused-ring (bicyclic) bond motifs is 1. The molecule has 1 aromatic heterocycles. The normalized spacial score (nSPS) is 10.4. The van der Waals surface area contributed by atoms with E-state index in [4.69, 9.17) is 17.0 Å². The first-order valence-corrected chi connectivity index (χ1v) is 8.78. The van der Waals surface area contributed by atoms with Crippen LogP contribution in [-0.4, -0.2) is 17.7 Å². The molecule has 122 valence electrons. The Morgan fingerprint density at radius 1 is 1.12 bits per heavy atom. The van der Waals surface area contributed by atoms with Gasteiger partial charge >= 0.3 is 5.97 Å². The van der Waals surface area contributed by atoms with E-state index in [1.165, 1.54) is 11.3 Å². The number of carbonyl (C=O) groups excluding carboxylic acids is 1. The topological polar surface area (TPSA) is 50.4 Å². The zero-order valence-electron chi connectivity index (χ0n) is 13.0. The van der Waals surface area contributed by atoms with Gasteiger partial charge in [-0.2, -0.15) is 0 Å². The Hall–Kier alpha value is -2.44. The Bertz CT molecular complexity index is 884. The summed E-state index contributed by atoms with van der Waals surface area (Å²) in [5.41, 5.74) is 1.41. The van der Waals surface area contributed by atoms with Crippen molar-refractivity contribution in [1.29, 1.82) is 0 Å². The van der Waals surface area contributed by atoms with Crippen LogP contribution in [-0.2, 0) is 4.74 Å². The first-order chi connectivity index (χ1) is 11.7. The van der Waals surface area contributed by atoms with Crippen molar-refractivity contribution in [3.05, 3.63) is 59.5 Å². The second-order valence-electron chi connectivity index (χ2n) is 4.99. The van der Waals surface area contributed by atoms with E-state index < -0.39 is 0 Å².